The number of benzene rings is 4. The molecule has 0 saturated carbocycles. The van der Waals surface area contributed by atoms with Gasteiger partial charge >= 0.3 is 0 Å². The third kappa shape index (κ3) is 5.23. The van der Waals surface area contributed by atoms with Crippen LogP contribution in [0.1, 0.15) is 5.56 Å². The molecule has 0 heterocycles. The lowest BCUT2D eigenvalue weighted by Gasteiger charge is -2.07. The van der Waals surface area contributed by atoms with Crippen LogP contribution in [0.5, 0.6) is 11.5 Å². The Kier molecular flexibility index (Phi) is 6.01. The molecule has 0 aliphatic heterocycles. The average Bonchev–Trinajstić information content (AvgIpc) is 2.78. The highest BCUT2D eigenvalue weighted by Crippen LogP contribution is 2.21. The summed E-state index contributed by atoms with van der Waals surface area (Å²) < 4.78 is 5.81. The molecule has 4 aromatic rings. The summed E-state index contributed by atoms with van der Waals surface area (Å²) in [6.45, 7) is 0.132. The number of carbonyl (C=O) groups is 1. The van der Waals surface area contributed by atoms with Gasteiger partial charge in [0.25, 0.3) is 5.91 Å². The van der Waals surface area contributed by atoms with E-state index in [0.29, 0.717) is 5.75 Å². The maximum absolute atomic E-state index is 12.1. The van der Waals surface area contributed by atoms with E-state index in [9.17, 15) is 4.79 Å². The van der Waals surface area contributed by atoms with Crippen molar-refractivity contribution in [3.8, 4) is 11.5 Å². The Balaban J connectivity index is 1.29. The molecule has 30 heavy (non-hydrogen) atoms. The second-order valence-corrected chi connectivity index (χ2v) is 6.70. The number of fused-ring (bicyclic) bond motifs is 1. The molecule has 4 aromatic carbocycles. The van der Waals surface area contributed by atoms with Crippen LogP contribution in [-0.4, -0.2) is 18.7 Å². The summed E-state index contributed by atoms with van der Waals surface area (Å²) >= 11 is 0. The minimum atomic E-state index is -0.226. The predicted molar refractivity (Wildman–Crippen MR) is 121 cm³/mol. The summed E-state index contributed by atoms with van der Waals surface area (Å²) in [5.41, 5.74) is 4.25. The Morgan fingerprint density at radius 2 is 1.57 bits per heavy atom. The van der Waals surface area contributed by atoms with Gasteiger partial charge in [0.05, 0.1) is 12.8 Å². The number of nitrogens with one attached hydrogen (secondary N) is 2. The number of hydrogen-bond acceptors (Lipinski definition) is 4. The molecule has 5 heteroatoms. The summed E-state index contributed by atoms with van der Waals surface area (Å²) in [4.78, 5) is 12.1. The molecule has 0 saturated heterocycles. The van der Waals surface area contributed by atoms with Gasteiger partial charge in [-0.15, -0.1) is 0 Å². The molecule has 0 radical (unpaired) electrons. The predicted octanol–water partition coefficient (Wildman–Crippen LogP) is 5.19. The van der Waals surface area contributed by atoms with Crippen LogP contribution in [0.25, 0.3) is 10.8 Å². The van der Waals surface area contributed by atoms with Crippen LogP contribution in [0.2, 0.25) is 0 Å². The van der Waals surface area contributed by atoms with E-state index in [0.717, 1.165) is 27.8 Å². The van der Waals surface area contributed by atoms with Gasteiger partial charge in [-0.1, -0.05) is 60.7 Å². The molecule has 0 fully saturated rings. The number of nitrogens with zero attached hydrogens (tertiary/aromatic N) is 1. The van der Waals surface area contributed by atoms with E-state index in [4.69, 9.17) is 4.74 Å². The van der Waals surface area contributed by atoms with Crippen molar-refractivity contribution >= 4 is 28.6 Å². The van der Waals surface area contributed by atoms with Crippen molar-refractivity contribution in [1.29, 1.82) is 0 Å². The van der Waals surface area contributed by atoms with Gasteiger partial charge in [0.15, 0.2) is 0 Å². The minimum absolute atomic E-state index is 0.132. The normalized spacial score (nSPS) is 10.8. The van der Waals surface area contributed by atoms with E-state index in [1.807, 2.05) is 91.0 Å². The smallest absolute Gasteiger partial charge is 0.259 e. The maximum atomic E-state index is 12.1. The second kappa shape index (κ2) is 9.39. The Labute approximate surface area is 175 Å². The van der Waals surface area contributed by atoms with Crippen molar-refractivity contribution in [3.05, 3.63) is 103 Å². The Hall–Kier alpha value is -4.12. The summed E-state index contributed by atoms with van der Waals surface area (Å²) in [5, 5.41) is 9.43. The summed E-state index contributed by atoms with van der Waals surface area (Å²) in [6, 6.07) is 31.2. The molecular formula is C25H21N3O2. The molecular weight excluding hydrogens is 374 g/mol. The molecule has 0 atom stereocenters. The number of anilines is 1. The molecule has 148 valence electrons. The van der Waals surface area contributed by atoms with Crippen molar-refractivity contribution in [2.75, 3.05) is 11.9 Å². The lowest BCUT2D eigenvalue weighted by Crippen LogP contribution is -2.25. The van der Waals surface area contributed by atoms with Crippen LogP contribution in [-0.2, 0) is 4.79 Å². The van der Waals surface area contributed by atoms with E-state index in [2.05, 4.69) is 21.9 Å². The monoisotopic (exact) mass is 395 g/mol. The van der Waals surface area contributed by atoms with Crippen molar-refractivity contribution in [3.63, 3.8) is 0 Å². The molecule has 4 rings (SSSR count). The first kappa shape index (κ1) is 19.2. The van der Waals surface area contributed by atoms with Crippen LogP contribution in [0.3, 0.4) is 0 Å². The first-order chi connectivity index (χ1) is 14.8. The zero-order chi connectivity index (χ0) is 20.6. The van der Waals surface area contributed by atoms with Crippen molar-refractivity contribution < 1.29 is 9.53 Å². The standard InChI is InChI=1S/C25H21N3O2/c29-25(18-26-22-14-13-20-8-4-5-9-21(20)16-22)28-27-17-19-7-6-12-24(15-19)30-23-10-2-1-3-11-23/h1-17,26H,18H2,(H,28,29). The highest BCUT2D eigenvalue weighted by Gasteiger charge is 2.01. The van der Waals surface area contributed by atoms with Crippen molar-refractivity contribution in [2.45, 2.75) is 0 Å². The van der Waals surface area contributed by atoms with Crippen LogP contribution in [0, 0.1) is 0 Å². The first-order valence-electron chi connectivity index (χ1n) is 9.64. The quantitative estimate of drug-likeness (QED) is 0.334. The van der Waals surface area contributed by atoms with Gasteiger partial charge in [-0.3, -0.25) is 4.79 Å². The van der Waals surface area contributed by atoms with Gasteiger partial charge in [0.1, 0.15) is 11.5 Å². The molecule has 0 aromatic heterocycles. The lowest BCUT2D eigenvalue weighted by molar-refractivity contribution is -0.119. The molecule has 0 unspecified atom stereocenters. The highest BCUT2D eigenvalue weighted by atomic mass is 16.5. The fourth-order valence-corrected chi connectivity index (χ4v) is 2.98. The fraction of sp³-hybridized carbons (Fsp3) is 0.0400. The van der Waals surface area contributed by atoms with Gasteiger partial charge in [-0.25, -0.2) is 5.43 Å². The molecule has 0 bridgehead atoms. The number of rotatable bonds is 7. The molecule has 5 nitrogen and oxygen atoms in total. The van der Waals surface area contributed by atoms with Crippen LogP contribution in [0.15, 0.2) is 102 Å². The zero-order valence-corrected chi connectivity index (χ0v) is 16.3. The Morgan fingerprint density at radius 1 is 0.800 bits per heavy atom. The summed E-state index contributed by atoms with van der Waals surface area (Å²) in [7, 11) is 0. The van der Waals surface area contributed by atoms with Gasteiger partial charge in [-0.05, 0) is 52.7 Å². The minimum Gasteiger partial charge on any atom is -0.457 e. The largest absolute Gasteiger partial charge is 0.457 e. The topological polar surface area (TPSA) is 62.7 Å². The highest BCUT2D eigenvalue weighted by molar-refractivity contribution is 5.87. The average molecular weight is 395 g/mol. The van der Waals surface area contributed by atoms with Crippen molar-refractivity contribution in [2.24, 2.45) is 5.10 Å². The van der Waals surface area contributed by atoms with E-state index in [1.165, 1.54) is 0 Å². The molecule has 1 amide bonds. The van der Waals surface area contributed by atoms with Gasteiger partial charge in [-0.2, -0.15) is 5.10 Å². The number of amides is 1. The van der Waals surface area contributed by atoms with Gasteiger partial charge < -0.3 is 10.1 Å². The van der Waals surface area contributed by atoms with Crippen LogP contribution >= 0.6 is 0 Å². The third-order valence-electron chi connectivity index (χ3n) is 4.44. The maximum Gasteiger partial charge on any atom is 0.259 e. The molecule has 0 aliphatic carbocycles. The second-order valence-electron chi connectivity index (χ2n) is 6.70. The number of ether oxygens (including phenoxy) is 1. The summed E-state index contributed by atoms with van der Waals surface area (Å²) in [6.07, 6.45) is 1.59. The van der Waals surface area contributed by atoms with E-state index >= 15 is 0 Å². The number of carbonyl (C=O) groups excluding carboxylic acids is 1. The van der Waals surface area contributed by atoms with E-state index < -0.39 is 0 Å². The van der Waals surface area contributed by atoms with E-state index in [-0.39, 0.29) is 12.5 Å². The zero-order valence-electron chi connectivity index (χ0n) is 16.3. The SMILES string of the molecule is O=C(CNc1ccc2ccccc2c1)NN=Cc1cccc(Oc2ccccc2)c1. The molecule has 0 aliphatic rings. The van der Waals surface area contributed by atoms with Gasteiger partial charge in [0.2, 0.25) is 0 Å². The van der Waals surface area contributed by atoms with Crippen LogP contribution in [0.4, 0.5) is 5.69 Å². The van der Waals surface area contributed by atoms with E-state index in [1.54, 1.807) is 6.21 Å². The number of para-hydroxylation sites is 1. The fourth-order valence-electron chi connectivity index (χ4n) is 2.98. The van der Waals surface area contributed by atoms with Gasteiger partial charge in [0, 0.05) is 5.69 Å². The summed E-state index contributed by atoms with van der Waals surface area (Å²) in [5.74, 6) is 1.24. The van der Waals surface area contributed by atoms with Crippen LogP contribution < -0.4 is 15.5 Å². The number of hydrazone groups is 1. The Morgan fingerprint density at radius 3 is 2.43 bits per heavy atom. The Bertz CT molecular complexity index is 1170. The number of hydrogen-bond donors (Lipinski definition) is 2. The molecule has 2 N–H and O–H groups in total. The third-order valence-corrected chi connectivity index (χ3v) is 4.44. The lowest BCUT2D eigenvalue weighted by atomic mass is 10.1. The molecule has 0 spiro atoms. The van der Waals surface area contributed by atoms with Crippen molar-refractivity contribution in [1.82, 2.24) is 5.43 Å². The first-order valence-corrected chi connectivity index (χ1v) is 9.64.